The number of ether oxygens (including phenoxy) is 1. The average Bonchev–Trinajstić information content (AvgIpc) is 2.70. The van der Waals surface area contributed by atoms with Crippen molar-refractivity contribution >= 4 is 11.3 Å². The standard InChI is InChI=1S/C15H25NOS/c1-4-8-16-14(13-7-5-6-9-17-13)15-11(2)10-12(3)18-15/h10,13-14,16H,4-9H2,1-3H3. The summed E-state index contributed by atoms with van der Waals surface area (Å²) < 4.78 is 6.00. The highest BCUT2D eigenvalue weighted by Gasteiger charge is 2.27. The van der Waals surface area contributed by atoms with Gasteiger partial charge in [0.25, 0.3) is 0 Å². The Balaban J connectivity index is 2.15. The summed E-state index contributed by atoms with van der Waals surface area (Å²) >= 11 is 1.92. The van der Waals surface area contributed by atoms with Gasteiger partial charge in [0.15, 0.2) is 0 Å². The van der Waals surface area contributed by atoms with Gasteiger partial charge in [-0.25, -0.2) is 0 Å². The monoisotopic (exact) mass is 267 g/mol. The van der Waals surface area contributed by atoms with Gasteiger partial charge in [0.1, 0.15) is 0 Å². The van der Waals surface area contributed by atoms with E-state index in [0.717, 1.165) is 13.2 Å². The van der Waals surface area contributed by atoms with Gasteiger partial charge >= 0.3 is 0 Å². The molecule has 1 aromatic heterocycles. The van der Waals surface area contributed by atoms with Crippen molar-refractivity contribution in [1.82, 2.24) is 5.32 Å². The maximum Gasteiger partial charge on any atom is 0.0777 e. The predicted octanol–water partition coefficient (Wildman–Crippen LogP) is 3.97. The number of aryl methyl sites for hydroxylation is 2. The highest BCUT2D eigenvalue weighted by atomic mass is 32.1. The van der Waals surface area contributed by atoms with Crippen LogP contribution in [0.2, 0.25) is 0 Å². The number of rotatable bonds is 5. The van der Waals surface area contributed by atoms with Crippen LogP contribution in [-0.2, 0) is 4.74 Å². The summed E-state index contributed by atoms with van der Waals surface area (Å²) in [5.74, 6) is 0. The topological polar surface area (TPSA) is 21.3 Å². The zero-order chi connectivity index (χ0) is 13.0. The van der Waals surface area contributed by atoms with E-state index in [1.165, 1.54) is 41.0 Å². The normalized spacial score (nSPS) is 22.1. The van der Waals surface area contributed by atoms with Crippen LogP contribution in [0.15, 0.2) is 6.07 Å². The van der Waals surface area contributed by atoms with Crippen molar-refractivity contribution in [3.63, 3.8) is 0 Å². The molecule has 2 atom stereocenters. The van der Waals surface area contributed by atoms with E-state index in [9.17, 15) is 0 Å². The quantitative estimate of drug-likeness (QED) is 0.871. The Bertz CT molecular complexity index is 369. The molecule has 0 saturated carbocycles. The molecule has 0 spiro atoms. The van der Waals surface area contributed by atoms with Gasteiger partial charge in [-0.1, -0.05) is 6.92 Å². The Morgan fingerprint density at radius 1 is 1.44 bits per heavy atom. The molecule has 1 N–H and O–H groups in total. The molecule has 1 fully saturated rings. The molecule has 102 valence electrons. The van der Waals surface area contributed by atoms with E-state index in [0.29, 0.717) is 12.1 Å². The molecular weight excluding hydrogens is 242 g/mol. The second kappa shape index (κ2) is 6.69. The molecule has 1 saturated heterocycles. The molecule has 1 aliphatic heterocycles. The van der Waals surface area contributed by atoms with Gasteiger partial charge in [0, 0.05) is 16.4 Å². The van der Waals surface area contributed by atoms with E-state index in [2.05, 4.69) is 32.2 Å². The van der Waals surface area contributed by atoms with Crippen LogP contribution in [0.25, 0.3) is 0 Å². The molecule has 0 amide bonds. The fraction of sp³-hybridized carbons (Fsp3) is 0.733. The number of hydrogen-bond acceptors (Lipinski definition) is 3. The molecular formula is C15H25NOS. The summed E-state index contributed by atoms with van der Waals surface area (Å²) in [6.45, 7) is 8.64. The van der Waals surface area contributed by atoms with E-state index in [4.69, 9.17) is 4.74 Å². The van der Waals surface area contributed by atoms with E-state index in [1.807, 2.05) is 11.3 Å². The molecule has 2 heterocycles. The summed E-state index contributed by atoms with van der Waals surface area (Å²) in [5.41, 5.74) is 1.42. The fourth-order valence-corrected chi connectivity index (χ4v) is 3.85. The van der Waals surface area contributed by atoms with Crippen LogP contribution in [0.1, 0.15) is 54.0 Å². The third-order valence-electron chi connectivity index (χ3n) is 3.56. The van der Waals surface area contributed by atoms with Crippen LogP contribution in [-0.4, -0.2) is 19.3 Å². The second-order valence-corrected chi connectivity index (χ2v) is 6.53. The molecule has 1 aliphatic rings. The Morgan fingerprint density at radius 3 is 2.83 bits per heavy atom. The molecule has 0 aromatic carbocycles. The molecule has 0 radical (unpaired) electrons. The lowest BCUT2D eigenvalue weighted by Gasteiger charge is -2.31. The van der Waals surface area contributed by atoms with Crippen molar-refractivity contribution in [3.05, 3.63) is 21.4 Å². The lowest BCUT2D eigenvalue weighted by molar-refractivity contribution is -0.00752. The molecule has 0 bridgehead atoms. The van der Waals surface area contributed by atoms with Gasteiger partial charge in [0.05, 0.1) is 12.1 Å². The predicted molar refractivity (Wildman–Crippen MR) is 78.4 cm³/mol. The lowest BCUT2D eigenvalue weighted by Crippen LogP contribution is -2.36. The van der Waals surface area contributed by atoms with E-state index >= 15 is 0 Å². The van der Waals surface area contributed by atoms with Crippen molar-refractivity contribution in [2.45, 2.75) is 58.6 Å². The first-order chi connectivity index (χ1) is 8.72. The third-order valence-corrected chi connectivity index (χ3v) is 4.80. The SMILES string of the molecule is CCCNC(c1sc(C)cc1C)C1CCCCO1. The first kappa shape index (κ1) is 14.0. The Hall–Kier alpha value is -0.380. The minimum atomic E-state index is 0.363. The van der Waals surface area contributed by atoms with Gasteiger partial charge in [-0.2, -0.15) is 0 Å². The van der Waals surface area contributed by atoms with Crippen molar-refractivity contribution in [2.75, 3.05) is 13.2 Å². The average molecular weight is 267 g/mol. The summed E-state index contributed by atoms with van der Waals surface area (Å²) in [6, 6.07) is 2.69. The van der Waals surface area contributed by atoms with Crippen LogP contribution in [0.4, 0.5) is 0 Å². The summed E-state index contributed by atoms with van der Waals surface area (Å²) in [4.78, 5) is 2.88. The second-order valence-electron chi connectivity index (χ2n) is 5.24. The van der Waals surface area contributed by atoms with Crippen LogP contribution in [0.3, 0.4) is 0 Å². The number of nitrogens with one attached hydrogen (secondary N) is 1. The molecule has 18 heavy (non-hydrogen) atoms. The largest absolute Gasteiger partial charge is 0.376 e. The number of hydrogen-bond donors (Lipinski definition) is 1. The van der Waals surface area contributed by atoms with E-state index < -0.39 is 0 Å². The Morgan fingerprint density at radius 2 is 2.28 bits per heavy atom. The third kappa shape index (κ3) is 3.34. The first-order valence-corrected chi connectivity index (χ1v) is 7.96. The van der Waals surface area contributed by atoms with Crippen LogP contribution in [0, 0.1) is 13.8 Å². The molecule has 3 heteroatoms. The van der Waals surface area contributed by atoms with Gasteiger partial charge in [-0.05, 0) is 57.7 Å². The summed E-state index contributed by atoms with van der Waals surface area (Å²) in [7, 11) is 0. The number of thiophene rings is 1. The Kier molecular flexibility index (Phi) is 5.22. The van der Waals surface area contributed by atoms with Gasteiger partial charge in [-0.3, -0.25) is 0 Å². The first-order valence-electron chi connectivity index (χ1n) is 7.14. The molecule has 1 aromatic rings. The van der Waals surface area contributed by atoms with Crippen LogP contribution < -0.4 is 5.32 Å². The molecule has 2 nitrogen and oxygen atoms in total. The molecule has 0 aliphatic carbocycles. The maximum absolute atomic E-state index is 6.00. The van der Waals surface area contributed by atoms with Crippen molar-refractivity contribution in [3.8, 4) is 0 Å². The fourth-order valence-electron chi connectivity index (χ4n) is 2.69. The van der Waals surface area contributed by atoms with Gasteiger partial charge < -0.3 is 10.1 Å². The highest BCUT2D eigenvalue weighted by Crippen LogP contribution is 2.33. The van der Waals surface area contributed by atoms with Crippen molar-refractivity contribution in [1.29, 1.82) is 0 Å². The van der Waals surface area contributed by atoms with Crippen LogP contribution >= 0.6 is 11.3 Å². The smallest absolute Gasteiger partial charge is 0.0777 e. The summed E-state index contributed by atoms with van der Waals surface area (Å²) in [6.07, 6.45) is 5.25. The van der Waals surface area contributed by atoms with Gasteiger partial charge in [0.2, 0.25) is 0 Å². The minimum Gasteiger partial charge on any atom is -0.376 e. The lowest BCUT2D eigenvalue weighted by atomic mass is 9.99. The summed E-state index contributed by atoms with van der Waals surface area (Å²) in [5, 5.41) is 3.70. The Labute approximate surface area is 115 Å². The molecule has 2 unspecified atom stereocenters. The van der Waals surface area contributed by atoms with Crippen LogP contribution in [0.5, 0.6) is 0 Å². The maximum atomic E-state index is 6.00. The van der Waals surface area contributed by atoms with E-state index in [-0.39, 0.29) is 0 Å². The zero-order valence-electron chi connectivity index (χ0n) is 11.8. The van der Waals surface area contributed by atoms with E-state index in [1.54, 1.807) is 0 Å². The van der Waals surface area contributed by atoms with Crippen molar-refractivity contribution < 1.29 is 4.74 Å². The molecule has 2 rings (SSSR count). The minimum absolute atomic E-state index is 0.363. The zero-order valence-corrected chi connectivity index (χ0v) is 12.6. The highest BCUT2D eigenvalue weighted by molar-refractivity contribution is 7.12. The van der Waals surface area contributed by atoms with Gasteiger partial charge in [-0.15, -0.1) is 11.3 Å². The van der Waals surface area contributed by atoms with Crippen molar-refractivity contribution in [2.24, 2.45) is 0 Å².